The van der Waals surface area contributed by atoms with E-state index in [4.69, 9.17) is 5.11 Å². The Kier molecular flexibility index (Phi) is 5.95. The predicted molar refractivity (Wildman–Crippen MR) is 83.6 cm³/mol. The molecule has 6 nitrogen and oxygen atoms in total. The van der Waals surface area contributed by atoms with Gasteiger partial charge in [0.25, 0.3) is 0 Å². The fraction of sp³-hybridized carbons (Fsp3) is 0.769. The molecule has 0 bridgehead atoms. The summed E-state index contributed by atoms with van der Waals surface area (Å²) in [7, 11) is 0. The molecule has 0 unspecified atom stereocenters. The first-order valence-electron chi connectivity index (χ1n) is 7.03. The molecule has 1 aliphatic carbocycles. The molecule has 1 aliphatic rings. The molecule has 2 N–H and O–H groups in total. The van der Waals surface area contributed by atoms with Gasteiger partial charge in [0.1, 0.15) is 6.61 Å². The molecule has 0 saturated heterocycles. The van der Waals surface area contributed by atoms with Gasteiger partial charge in [0, 0.05) is 11.3 Å². The number of aliphatic carboxylic acids is 1. The molecule has 0 aromatic carbocycles. The topological polar surface area (TPSA) is 88.2 Å². The lowest BCUT2D eigenvalue weighted by molar-refractivity contribution is -0.133. The van der Waals surface area contributed by atoms with E-state index in [0.717, 1.165) is 31.1 Å². The molecule has 0 amide bonds. The number of carboxylic acid groups (broad SMARTS) is 1. The van der Waals surface area contributed by atoms with Crippen molar-refractivity contribution in [3.8, 4) is 0 Å². The highest BCUT2D eigenvalue weighted by Crippen LogP contribution is 2.40. The Morgan fingerprint density at radius 3 is 2.62 bits per heavy atom. The highest BCUT2D eigenvalue weighted by atomic mass is 32.2. The summed E-state index contributed by atoms with van der Waals surface area (Å²) in [5.74, 6) is -0.408. The van der Waals surface area contributed by atoms with Crippen LogP contribution in [0, 0.1) is 0 Å². The summed E-state index contributed by atoms with van der Waals surface area (Å²) in [5, 5.41) is 26.9. The molecule has 1 heterocycles. The summed E-state index contributed by atoms with van der Waals surface area (Å²) >= 11 is 3.02. The Morgan fingerprint density at radius 1 is 1.33 bits per heavy atom. The van der Waals surface area contributed by atoms with E-state index in [1.165, 1.54) is 19.3 Å². The van der Waals surface area contributed by atoms with Crippen molar-refractivity contribution in [3.63, 3.8) is 0 Å². The number of aliphatic hydroxyl groups is 1. The highest BCUT2D eigenvalue weighted by Gasteiger charge is 2.33. The third-order valence-electron chi connectivity index (χ3n) is 3.90. The number of hydrogen-bond donors (Lipinski definition) is 2. The van der Waals surface area contributed by atoms with Gasteiger partial charge in [-0.15, -0.1) is 10.2 Å². The highest BCUT2D eigenvalue weighted by molar-refractivity contribution is 8.00. The van der Waals surface area contributed by atoms with Crippen molar-refractivity contribution in [1.29, 1.82) is 0 Å². The molecule has 1 aromatic heterocycles. The number of carboxylic acids is 1. The second-order valence-corrected chi connectivity index (χ2v) is 7.49. The average Bonchev–Trinajstić information content (AvgIpc) is 2.88. The third-order valence-corrected chi connectivity index (χ3v) is 6.26. The lowest BCUT2D eigenvalue weighted by Crippen LogP contribution is -2.34. The number of nitrogens with zero attached hydrogens (tertiary/aromatic N) is 3. The van der Waals surface area contributed by atoms with Crippen LogP contribution in [-0.2, 0) is 17.9 Å². The summed E-state index contributed by atoms with van der Waals surface area (Å²) in [6.45, 7) is 0.560. The van der Waals surface area contributed by atoms with Gasteiger partial charge in [0.2, 0.25) is 0 Å². The molecule has 118 valence electrons. The molecule has 8 heteroatoms. The Bertz CT molecular complexity index is 487. The molecule has 0 spiro atoms. The van der Waals surface area contributed by atoms with Gasteiger partial charge in [-0.3, -0.25) is 4.79 Å². The van der Waals surface area contributed by atoms with Gasteiger partial charge in [0.15, 0.2) is 11.0 Å². The molecule has 2 rings (SSSR count). The fourth-order valence-electron chi connectivity index (χ4n) is 2.74. The Labute approximate surface area is 132 Å². The minimum atomic E-state index is -0.877. The van der Waals surface area contributed by atoms with E-state index in [0.29, 0.717) is 11.0 Å². The second kappa shape index (κ2) is 7.51. The van der Waals surface area contributed by atoms with Crippen LogP contribution in [0.2, 0.25) is 0 Å². The van der Waals surface area contributed by atoms with E-state index in [2.05, 4.69) is 16.5 Å². The normalized spacial score (nSPS) is 17.8. The van der Waals surface area contributed by atoms with Crippen LogP contribution in [0.5, 0.6) is 0 Å². The largest absolute Gasteiger partial charge is 0.481 e. The minimum Gasteiger partial charge on any atom is -0.481 e. The Balaban J connectivity index is 2.19. The van der Waals surface area contributed by atoms with Crippen molar-refractivity contribution in [3.05, 3.63) is 5.82 Å². The zero-order valence-corrected chi connectivity index (χ0v) is 13.8. The van der Waals surface area contributed by atoms with Gasteiger partial charge < -0.3 is 14.8 Å². The molecule has 1 aromatic rings. The molecular weight excluding hydrogens is 310 g/mol. The van der Waals surface area contributed by atoms with E-state index in [1.54, 1.807) is 0 Å². The Hall–Kier alpha value is -0.730. The number of carbonyl (C=O) groups is 1. The number of hydrogen-bond acceptors (Lipinski definition) is 6. The van der Waals surface area contributed by atoms with Crippen LogP contribution in [0.3, 0.4) is 0 Å². The molecule has 0 aliphatic heterocycles. The molecule has 0 radical (unpaired) electrons. The van der Waals surface area contributed by atoms with Crippen molar-refractivity contribution in [1.82, 2.24) is 14.8 Å². The quantitative estimate of drug-likeness (QED) is 0.739. The van der Waals surface area contributed by atoms with E-state index < -0.39 is 5.97 Å². The molecule has 1 fully saturated rings. The van der Waals surface area contributed by atoms with Crippen LogP contribution in [0.1, 0.15) is 37.9 Å². The van der Waals surface area contributed by atoms with Gasteiger partial charge in [-0.1, -0.05) is 31.0 Å². The molecular formula is C13H21N3O3S2. The zero-order valence-electron chi connectivity index (χ0n) is 12.1. The van der Waals surface area contributed by atoms with Gasteiger partial charge in [-0.2, -0.15) is 11.8 Å². The lowest BCUT2D eigenvalue weighted by Gasteiger charge is -2.36. The van der Waals surface area contributed by atoms with Gasteiger partial charge in [0.05, 0.1) is 5.75 Å². The number of aromatic nitrogens is 3. The van der Waals surface area contributed by atoms with Crippen molar-refractivity contribution in [2.45, 2.75) is 55.2 Å². The second-order valence-electron chi connectivity index (χ2n) is 5.27. The maximum absolute atomic E-state index is 10.7. The predicted octanol–water partition coefficient (Wildman–Crippen LogP) is 2.01. The van der Waals surface area contributed by atoms with Crippen molar-refractivity contribution < 1.29 is 15.0 Å². The standard InChI is InChI=1S/C13H21N3O3S2/c1-20-13(5-3-2-4-6-13)9-16-10(7-17)14-15-12(16)21-8-11(18)19/h17H,2-9H2,1H3,(H,18,19). The van der Waals surface area contributed by atoms with Crippen LogP contribution in [0.15, 0.2) is 5.16 Å². The molecule has 1 saturated carbocycles. The van der Waals surface area contributed by atoms with Crippen LogP contribution in [0.4, 0.5) is 0 Å². The molecule has 21 heavy (non-hydrogen) atoms. The fourth-order valence-corrected chi connectivity index (χ4v) is 4.37. The number of thioether (sulfide) groups is 2. The van der Waals surface area contributed by atoms with Crippen molar-refractivity contribution in [2.24, 2.45) is 0 Å². The number of rotatable bonds is 7. The van der Waals surface area contributed by atoms with Crippen LogP contribution in [0.25, 0.3) is 0 Å². The van der Waals surface area contributed by atoms with Crippen LogP contribution in [-0.4, -0.2) is 47.7 Å². The zero-order chi connectivity index (χ0) is 15.3. The van der Waals surface area contributed by atoms with Gasteiger partial charge in [-0.05, 0) is 19.1 Å². The SMILES string of the molecule is CSC1(Cn2c(CO)nnc2SCC(=O)O)CCCCC1. The smallest absolute Gasteiger partial charge is 0.313 e. The maximum Gasteiger partial charge on any atom is 0.313 e. The third kappa shape index (κ3) is 4.14. The van der Waals surface area contributed by atoms with E-state index in [1.807, 2.05) is 16.3 Å². The summed E-state index contributed by atoms with van der Waals surface area (Å²) in [4.78, 5) is 10.7. The minimum absolute atomic E-state index is 0.0458. The maximum atomic E-state index is 10.7. The van der Waals surface area contributed by atoms with Crippen LogP contribution >= 0.6 is 23.5 Å². The first kappa shape index (κ1) is 16.6. The van der Waals surface area contributed by atoms with Crippen molar-refractivity contribution >= 4 is 29.5 Å². The summed E-state index contributed by atoms with van der Waals surface area (Å²) < 4.78 is 2.04. The van der Waals surface area contributed by atoms with E-state index >= 15 is 0 Å². The van der Waals surface area contributed by atoms with E-state index in [9.17, 15) is 9.90 Å². The van der Waals surface area contributed by atoms with E-state index in [-0.39, 0.29) is 17.1 Å². The van der Waals surface area contributed by atoms with Gasteiger partial charge >= 0.3 is 5.97 Å². The summed E-state index contributed by atoms with van der Waals surface area (Å²) in [5.41, 5.74) is 0. The van der Waals surface area contributed by atoms with Gasteiger partial charge in [-0.25, -0.2) is 0 Å². The lowest BCUT2D eigenvalue weighted by atomic mass is 9.88. The average molecular weight is 331 g/mol. The Morgan fingerprint density at radius 2 is 2.05 bits per heavy atom. The summed E-state index contributed by atoms with van der Waals surface area (Å²) in [6, 6.07) is 0. The van der Waals surface area contributed by atoms with Crippen molar-refractivity contribution in [2.75, 3.05) is 12.0 Å². The van der Waals surface area contributed by atoms with Crippen LogP contribution < -0.4 is 0 Å². The first-order chi connectivity index (χ1) is 10.1. The summed E-state index contributed by atoms with van der Waals surface area (Å²) in [6.07, 6.45) is 8.11. The first-order valence-corrected chi connectivity index (χ1v) is 9.24. The number of aliphatic hydroxyl groups excluding tert-OH is 1. The monoisotopic (exact) mass is 331 g/mol. The molecule has 0 atom stereocenters.